The number of ether oxygens (including phenoxy) is 1. The number of amides is 1. The molecule has 0 fully saturated rings. The number of hydrogen-bond donors (Lipinski definition) is 2. The smallest absolute Gasteiger partial charge is 0.306 e. The van der Waals surface area contributed by atoms with E-state index in [2.05, 4.69) is 10.3 Å². The lowest BCUT2D eigenvalue weighted by molar-refractivity contribution is -0.144. The van der Waals surface area contributed by atoms with Crippen LogP contribution in [0.15, 0.2) is 24.3 Å². The fourth-order valence-electron chi connectivity index (χ4n) is 2.07. The van der Waals surface area contributed by atoms with Crippen LogP contribution >= 0.6 is 0 Å². The predicted molar refractivity (Wildman–Crippen MR) is 77.5 cm³/mol. The number of carbonyl (C=O) groups is 2. The average Bonchev–Trinajstić information content (AvgIpc) is 2.78. The number of esters is 1. The van der Waals surface area contributed by atoms with E-state index in [1.807, 2.05) is 31.2 Å². The second-order valence-corrected chi connectivity index (χ2v) is 4.57. The SMILES string of the molecule is CCOC(=O)CCC(=O)Nc1cccc2[nH]c(C)cc12. The number of aromatic nitrogens is 1. The molecule has 0 bridgehead atoms. The molecule has 0 aliphatic heterocycles. The van der Waals surface area contributed by atoms with E-state index >= 15 is 0 Å². The van der Waals surface area contributed by atoms with Gasteiger partial charge in [-0.15, -0.1) is 0 Å². The zero-order valence-corrected chi connectivity index (χ0v) is 11.7. The first-order valence-corrected chi connectivity index (χ1v) is 6.64. The highest BCUT2D eigenvalue weighted by molar-refractivity contribution is 6.02. The number of nitrogens with one attached hydrogen (secondary N) is 2. The number of aryl methyl sites for hydroxylation is 1. The molecular weight excluding hydrogens is 256 g/mol. The zero-order valence-electron chi connectivity index (χ0n) is 11.7. The van der Waals surface area contributed by atoms with Gasteiger partial charge in [-0.1, -0.05) is 6.07 Å². The maximum Gasteiger partial charge on any atom is 0.306 e. The van der Waals surface area contributed by atoms with Gasteiger partial charge in [-0.2, -0.15) is 0 Å². The Hall–Kier alpha value is -2.30. The lowest BCUT2D eigenvalue weighted by atomic mass is 10.2. The average molecular weight is 274 g/mol. The summed E-state index contributed by atoms with van der Waals surface area (Å²) in [6.07, 6.45) is 0.223. The van der Waals surface area contributed by atoms with Gasteiger partial charge in [0.05, 0.1) is 18.7 Å². The van der Waals surface area contributed by atoms with Crippen LogP contribution in [-0.4, -0.2) is 23.5 Å². The van der Waals surface area contributed by atoms with Gasteiger partial charge in [-0.3, -0.25) is 9.59 Å². The van der Waals surface area contributed by atoms with Gasteiger partial charge in [0.1, 0.15) is 0 Å². The first kappa shape index (κ1) is 14.1. The number of anilines is 1. The van der Waals surface area contributed by atoms with E-state index in [9.17, 15) is 9.59 Å². The maximum absolute atomic E-state index is 11.8. The molecule has 5 heteroatoms. The van der Waals surface area contributed by atoms with Crippen molar-refractivity contribution in [3.63, 3.8) is 0 Å². The lowest BCUT2D eigenvalue weighted by Crippen LogP contribution is -2.14. The highest BCUT2D eigenvalue weighted by Crippen LogP contribution is 2.24. The molecule has 0 aliphatic rings. The van der Waals surface area contributed by atoms with E-state index in [0.717, 1.165) is 22.3 Å². The molecule has 0 aliphatic carbocycles. The number of benzene rings is 1. The fraction of sp³-hybridized carbons (Fsp3) is 0.333. The monoisotopic (exact) mass is 274 g/mol. The molecule has 106 valence electrons. The number of fused-ring (bicyclic) bond motifs is 1. The summed E-state index contributed by atoms with van der Waals surface area (Å²) in [5, 5.41) is 3.80. The Kier molecular flexibility index (Phi) is 4.40. The second kappa shape index (κ2) is 6.23. The van der Waals surface area contributed by atoms with Crippen LogP contribution in [0, 0.1) is 6.92 Å². The number of carbonyl (C=O) groups excluding carboxylic acids is 2. The molecule has 0 saturated carbocycles. The van der Waals surface area contributed by atoms with Gasteiger partial charge in [0, 0.05) is 23.0 Å². The molecule has 0 spiro atoms. The largest absolute Gasteiger partial charge is 0.466 e. The Morgan fingerprint density at radius 3 is 2.85 bits per heavy atom. The Labute approximate surface area is 117 Å². The van der Waals surface area contributed by atoms with Crippen molar-refractivity contribution < 1.29 is 14.3 Å². The van der Waals surface area contributed by atoms with E-state index in [1.54, 1.807) is 6.92 Å². The summed E-state index contributed by atoms with van der Waals surface area (Å²) in [6.45, 7) is 4.04. The highest BCUT2D eigenvalue weighted by Gasteiger charge is 2.10. The van der Waals surface area contributed by atoms with E-state index in [0.29, 0.717) is 6.61 Å². The van der Waals surface area contributed by atoms with Gasteiger partial charge in [0.15, 0.2) is 0 Å². The minimum Gasteiger partial charge on any atom is -0.466 e. The van der Waals surface area contributed by atoms with Crippen molar-refractivity contribution in [3.8, 4) is 0 Å². The highest BCUT2D eigenvalue weighted by atomic mass is 16.5. The molecule has 0 atom stereocenters. The summed E-state index contributed by atoms with van der Waals surface area (Å²) in [5.74, 6) is -0.539. The van der Waals surface area contributed by atoms with E-state index in [-0.39, 0.29) is 24.7 Å². The zero-order chi connectivity index (χ0) is 14.5. The van der Waals surface area contributed by atoms with Crippen LogP contribution in [0.1, 0.15) is 25.5 Å². The van der Waals surface area contributed by atoms with Gasteiger partial charge < -0.3 is 15.0 Å². The van der Waals surface area contributed by atoms with Crippen molar-refractivity contribution in [1.29, 1.82) is 0 Å². The molecule has 5 nitrogen and oxygen atoms in total. The maximum atomic E-state index is 11.8. The topological polar surface area (TPSA) is 71.2 Å². The first-order chi connectivity index (χ1) is 9.60. The van der Waals surface area contributed by atoms with Gasteiger partial charge in [-0.25, -0.2) is 0 Å². The molecular formula is C15H18N2O3. The molecule has 1 aromatic heterocycles. The lowest BCUT2D eigenvalue weighted by Gasteiger charge is -2.06. The third kappa shape index (κ3) is 3.38. The Balaban J connectivity index is 2.01. The van der Waals surface area contributed by atoms with Crippen LogP contribution in [0.2, 0.25) is 0 Å². The van der Waals surface area contributed by atoms with Crippen molar-refractivity contribution in [2.75, 3.05) is 11.9 Å². The van der Waals surface area contributed by atoms with Crippen LogP contribution in [0.5, 0.6) is 0 Å². The van der Waals surface area contributed by atoms with E-state index in [4.69, 9.17) is 4.74 Å². The van der Waals surface area contributed by atoms with Crippen LogP contribution in [-0.2, 0) is 14.3 Å². The molecule has 20 heavy (non-hydrogen) atoms. The van der Waals surface area contributed by atoms with Crippen molar-refractivity contribution in [2.45, 2.75) is 26.7 Å². The molecule has 2 rings (SSSR count). The summed E-state index contributed by atoms with van der Waals surface area (Å²) >= 11 is 0. The first-order valence-electron chi connectivity index (χ1n) is 6.64. The molecule has 1 heterocycles. The fourth-order valence-corrected chi connectivity index (χ4v) is 2.07. The van der Waals surface area contributed by atoms with Crippen LogP contribution in [0.3, 0.4) is 0 Å². The standard InChI is InChI=1S/C15H18N2O3/c1-3-20-15(19)8-7-14(18)17-13-6-4-5-12-11(13)9-10(2)16-12/h4-6,9,16H,3,7-8H2,1-2H3,(H,17,18). The van der Waals surface area contributed by atoms with Gasteiger partial charge >= 0.3 is 5.97 Å². The number of hydrogen-bond acceptors (Lipinski definition) is 3. The van der Waals surface area contributed by atoms with Crippen LogP contribution in [0.4, 0.5) is 5.69 Å². The number of aromatic amines is 1. The van der Waals surface area contributed by atoms with Gasteiger partial charge in [-0.05, 0) is 32.0 Å². The van der Waals surface area contributed by atoms with Crippen molar-refractivity contribution in [1.82, 2.24) is 4.98 Å². The molecule has 1 aromatic carbocycles. The third-order valence-corrected chi connectivity index (χ3v) is 2.93. The quantitative estimate of drug-likeness (QED) is 0.823. The van der Waals surface area contributed by atoms with E-state index in [1.165, 1.54) is 0 Å². The van der Waals surface area contributed by atoms with Crippen molar-refractivity contribution >= 4 is 28.5 Å². The molecule has 2 N–H and O–H groups in total. The summed E-state index contributed by atoms with van der Waals surface area (Å²) in [5.41, 5.74) is 2.76. The molecule has 0 radical (unpaired) electrons. The molecule has 0 saturated heterocycles. The summed E-state index contributed by atoms with van der Waals surface area (Å²) in [6, 6.07) is 7.66. The summed E-state index contributed by atoms with van der Waals surface area (Å²) < 4.78 is 4.79. The van der Waals surface area contributed by atoms with Crippen molar-refractivity contribution in [2.24, 2.45) is 0 Å². The summed E-state index contributed by atoms with van der Waals surface area (Å²) in [7, 11) is 0. The Bertz CT molecular complexity index is 631. The minimum atomic E-state index is -0.349. The Morgan fingerprint density at radius 1 is 1.30 bits per heavy atom. The second-order valence-electron chi connectivity index (χ2n) is 4.57. The van der Waals surface area contributed by atoms with Gasteiger partial charge in [0.2, 0.25) is 5.91 Å². The van der Waals surface area contributed by atoms with E-state index < -0.39 is 0 Å². The van der Waals surface area contributed by atoms with Gasteiger partial charge in [0.25, 0.3) is 0 Å². The third-order valence-electron chi connectivity index (χ3n) is 2.93. The van der Waals surface area contributed by atoms with Crippen molar-refractivity contribution in [3.05, 3.63) is 30.0 Å². The molecule has 1 amide bonds. The minimum absolute atomic E-state index is 0.0990. The van der Waals surface area contributed by atoms with Crippen LogP contribution in [0.25, 0.3) is 10.9 Å². The molecule has 2 aromatic rings. The Morgan fingerprint density at radius 2 is 2.10 bits per heavy atom. The van der Waals surface area contributed by atoms with Crippen LogP contribution < -0.4 is 5.32 Å². The predicted octanol–water partition coefficient (Wildman–Crippen LogP) is 2.76. The normalized spacial score (nSPS) is 10.5. The molecule has 0 unspecified atom stereocenters. The summed E-state index contributed by atoms with van der Waals surface area (Å²) in [4.78, 5) is 26.3. The number of rotatable bonds is 5. The number of H-pyrrole nitrogens is 1.